The van der Waals surface area contributed by atoms with Crippen LogP contribution in [-0.2, 0) is 10.1 Å². The van der Waals surface area contributed by atoms with Crippen molar-refractivity contribution in [1.29, 1.82) is 0 Å². The molecule has 0 saturated carbocycles. The highest BCUT2D eigenvalue weighted by Gasteiger charge is 2.24. The summed E-state index contributed by atoms with van der Waals surface area (Å²) in [4.78, 5) is 14.5. The summed E-state index contributed by atoms with van der Waals surface area (Å²) in [6.45, 7) is 1.39. The van der Waals surface area contributed by atoms with Gasteiger partial charge in [-0.25, -0.2) is 0 Å². The van der Waals surface area contributed by atoms with Crippen molar-refractivity contribution in [2.24, 2.45) is 0 Å². The molecule has 0 atom stereocenters. The van der Waals surface area contributed by atoms with Crippen LogP contribution in [0.15, 0.2) is 59.5 Å². The van der Waals surface area contributed by atoms with Crippen molar-refractivity contribution in [3.05, 3.63) is 60.2 Å². The van der Waals surface area contributed by atoms with Gasteiger partial charge >= 0.3 is 10.1 Å². The Labute approximate surface area is 142 Å². The molecule has 0 unspecified atom stereocenters. The molecule has 0 aromatic heterocycles. The van der Waals surface area contributed by atoms with Crippen LogP contribution >= 0.6 is 0 Å². The van der Waals surface area contributed by atoms with Gasteiger partial charge in [0.25, 0.3) is 5.91 Å². The van der Waals surface area contributed by atoms with Gasteiger partial charge in [0, 0.05) is 13.1 Å². The van der Waals surface area contributed by atoms with Crippen LogP contribution in [0, 0.1) is 0 Å². The molecule has 24 heavy (non-hydrogen) atoms. The number of rotatable bonds is 4. The fourth-order valence-corrected chi connectivity index (χ4v) is 3.71. The molecular weight excluding hydrogens is 326 g/mol. The van der Waals surface area contributed by atoms with Gasteiger partial charge in [0.2, 0.25) is 0 Å². The van der Waals surface area contributed by atoms with Crippen molar-refractivity contribution >= 4 is 16.0 Å². The van der Waals surface area contributed by atoms with E-state index in [9.17, 15) is 13.2 Å². The quantitative estimate of drug-likeness (QED) is 0.799. The highest BCUT2D eigenvalue weighted by Crippen LogP contribution is 2.25. The maximum atomic E-state index is 12.7. The molecule has 1 aliphatic heterocycles. The average Bonchev–Trinajstić information content (AvgIpc) is 2.63. The monoisotopic (exact) mass is 345 g/mol. The molecule has 3 rings (SSSR count). The molecule has 1 aliphatic rings. The summed E-state index contributed by atoms with van der Waals surface area (Å²) < 4.78 is 30.1. The molecule has 126 valence electrons. The Hall–Kier alpha value is -2.34. The van der Waals surface area contributed by atoms with E-state index in [1.54, 1.807) is 41.3 Å². The summed E-state index contributed by atoms with van der Waals surface area (Å²) in [6.07, 6.45) is 3.05. The first-order valence-electron chi connectivity index (χ1n) is 7.96. The third-order valence-electron chi connectivity index (χ3n) is 3.99. The number of carbonyl (C=O) groups excluding carboxylic acids is 1. The largest absolute Gasteiger partial charge is 0.378 e. The van der Waals surface area contributed by atoms with E-state index in [0.29, 0.717) is 13.1 Å². The number of para-hydroxylation sites is 1. The van der Waals surface area contributed by atoms with Gasteiger partial charge in [-0.15, -0.1) is 0 Å². The zero-order chi connectivity index (χ0) is 17.0. The summed E-state index contributed by atoms with van der Waals surface area (Å²) in [5.41, 5.74) is 0.277. The van der Waals surface area contributed by atoms with Crippen molar-refractivity contribution in [1.82, 2.24) is 4.90 Å². The minimum absolute atomic E-state index is 0.0604. The van der Waals surface area contributed by atoms with Crippen LogP contribution in [0.1, 0.15) is 29.6 Å². The minimum atomic E-state index is -3.97. The van der Waals surface area contributed by atoms with E-state index >= 15 is 0 Å². The molecule has 2 aromatic rings. The van der Waals surface area contributed by atoms with Gasteiger partial charge < -0.3 is 9.08 Å². The van der Waals surface area contributed by atoms with Crippen molar-refractivity contribution in [2.45, 2.75) is 24.2 Å². The molecule has 1 amide bonds. The maximum Gasteiger partial charge on any atom is 0.339 e. The van der Waals surface area contributed by atoms with Crippen LogP contribution < -0.4 is 4.18 Å². The van der Waals surface area contributed by atoms with Crippen LogP contribution in [-0.4, -0.2) is 32.3 Å². The molecule has 0 bridgehead atoms. The molecule has 1 fully saturated rings. The summed E-state index contributed by atoms with van der Waals surface area (Å²) in [6, 6.07) is 14.4. The molecule has 6 heteroatoms. The summed E-state index contributed by atoms with van der Waals surface area (Å²) in [5.74, 6) is -0.120. The lowest BCUT2D eigenvalue weighted by molar-refractivity contribution is 0.0722. The number of hydrogen-bond donors (Lipinski definition) is 0. The van der Waals surface area contributed by atoms with E-state index in [-0.39, 0.29) is 22.1 Å². The summed E-state index contributed by atoms with van der Waals surface area (Å²) >= 11 is 0. The zero-order valence-corrected chi connectivity index (χ0v) is 14.0. The average molecular weight is 345 g/mol. The lowest BCUT2D eigenvalue weighted by Crippen LogP contribution is -2.35. The molecule has 0 aliphatic carbocycles. The van der Waals surface area contributed by atoms with Crippen molar-refractivity contribution in [3.8, 4) is 5.75 Å². The van der Waals surface area contributed by atoms with Gasteiger partial charge in [-0.05, 0) is 43.5 Å². The highest BCUT2D eigenvalue weighted by molar-refractivity contribution is 7.87. The van der Waals surface area contributed by atoms with Crippen LogP contribution in [0.25, 0.3) is 0 Å². The number of hydrogen-bond acceptors (Lipinski definition) is 4. The second-order valence-corrected chi connectivity index (χ2v) is 7.25. The van der Waals surface area contributed by atoms with Gasteiger partial charge in [0.15, 0.2) is 5.75 Å². The Morgan fingerprint density at radius 3 is 2.21 bits per heavy atom. The normalized spacial score (nSPS) is 15.1. The number of nitrogens with zero attached hydrogens (tertiary/aromatic N) is 1. The lowest BCUT2D eigenvalue weighted by atomic mass is 10.1. The molecule has 2 aromatic carbocycles. The molecule has 1 heterocycles. The second kappa shape index (κ2) is 7.05. The van der Waals surface area contributed by atoms with E-state index in [0.717, 1.165) is 19.3 Å². The summed E-state index contributed by atoms with van der Waals surface area (Å²) in [7, 11) is -3.97. The first kappa shape index (κ1) is 16.5. The number of carbonyl (C=O) groups is 1. The second-order valence-electron chi connectivity index (χ2n) is 5.70. The van der Waals surface area contributed by atoms with Crippen LogP contribution in [0.2, 0.25) is 0 Å². The molecule has 0 radical (unpaired) electrons. The van der Waals surface area contributed by atoms with E-state index in [1.165, 1.54) is 18.2 Å². The topological polar surface area (TPSA) is 63.7 Å². The van der Waals surface area contributed by atoms with Gasteiger partial charge in [-0.2, -0.15) is 8.42 Å². The van der Waals surface area contributed by atoms with E-state index in [4.69, 9.17) is 4.18 Å². The third kappa shape index (κ3) is 3.59. The van der Waals surface area contributed by atoms with Crippen LogP contribution in [0.5, 0.6) is 5.75 Å². The summed E-state index contributed by atoms with van der Waals surface area (Å²) in [5, 5.41) is 0. The lowest BCUT2D eigenvalue weighted by Gasteiger charge is -2.27. The van der Waals surface area contributed by atoms with E-state index in [1.807, 2.05) is 0 Å². The molecule has 0 N–H and O–H groups in total. The van der Waals surface area contributed by atoms with Gasteiger partial charge in [0.1, 0.15) is 4.90 Å². The first-order valence-corrected chi connectivity index (χ1v) is 9.36. The maximum absolute atomic E-state index is 12.7. The van der Waals surface area contributed by atoms with Crippen LogP contribution in [0.3, 0.4) is 0 Å². The fourth-order valence-electron chi connectivity index (χ4n) is 2.74. The van der Waals surface area contributed by atoms with Gasteiger partial charge in [0.05, 0.1) is 5.56 Å². The minimum Gasteiger partial charge on any atom is -0.378 e. The first-order chi connectivity index (χ1) is 11.6. The molecular formula is C18H19NO4S. The Balaban J connectivity index is 1.88. The third-order valence-corrected chi connectivity index (χ3v) is 5.24. The van der Waals surface area contributed by atoms with Crippen LogP contribution in [0.4, 0.5) is 0 Å². The number of likely N-dealkylation sites (tertiary alicyclic amines) is 1. The van der Waals surface area contributed by atoms with Gasteiger partial charge in [-0.3, -0.25) is 4.79 Å². The number of piperidine rings is 1. The predicted molar refractivity (Wildman–Crippen MR) is 90.5 cm³/mol. The Bertz CT molecular complexity index is 812. The number of amides is 1. The zero-order valence-electron chi connectivity index (χ0n) is 13.2. The SMILES string of the molecule is O=C(c1ccccc1OS(=O)(=O)c1ccccc1)N1CCCCC1. The van der Waals surface area contributed by atoms with Gasteiger partial charge in [-0.1, -0.05) is 30.3 Å². The Morgan fingerprint density at radius 2 is 1.50 bits per heavy atom. The fraction of sp³-hybridized carbons (Fsp3) is 0.278. The van der Waals surface area contributed by atoms with E-state index in [2.05, 4.69) is 0 Å². The smallest absolute Gasteiger partial charge is 0.339 e. The van der Waals surface area contributed by atoms with Crippen molar-refractivity contribution in [2.75, 3.05) is 13.1 Å². The number of benzene rings is 2. The molecule has 5 nitrogen and oxygen atoms in total. The standard InChI is InChI=1S/C18H19NO4S/c20-18(19-13-7-2-8-14-19)16-11-5-6-12-17(16)23-24(21,22)15-9-3-1-4-10-15/h1,3-6,9-12H,2,7-8,13-14H2. The highest BCUT2D eigenvalue weighted by atomic mass is 32.2. The van der Waals surface area contributed by atoms with Crippen molar-refractivity contribution < 1.29 is 17.4 Å². The molecule has 0 spiro atoms. The Kier molecular flexibility index (Phi) is 4.85. The van der Waals surface area contributed by atoms with E-state index < -0.39 is 10.1 Å². The molecule has 1 saturated heterocycles. The van der Waals surface area contributed by atoms with Crippen molar-refractivity contribution in [3.63, 3.8) is 0 Å². The predicted octanol–water partition coefficient (Wildman–Crippen LogP) is 3.08. The Morgan fingerprint density at radius 1 is 0.875 bits per heavy atom.